The number of carbonyl (C=O) groups is 6. The van der Waals surface area contributed by atoms with E-state index in [4.69, 9.17) is 0 Å². The molecule has 0 atom stereocenters. The Balaban J connectivity index is 0. The van der Waals surface area contributed by atoms with Gasteiger partial charge in [0.15, 0.2) is 0 Å². The molecule has 0 unspecified atom stereocenters. The lowest BCUT2D eigenvalue weighted by molar-refractivity contribution is -0.179. The van der Waals surface area contributed by atoms with Crippen LogP contribution in [-0.4, -0.2) is 81.2 Å². The molecular weight excluding hydrogens is 352 g/mol. The summed E-state index contributed by atoms with van der Waals surface area (Å²) in [6.45, 7) is 0.0253. The molecule has 0 aliphatic carbocycles. The summed E-state index contributed by atoms with van der Waals surface area (Å²) in [4.78, 5) is 69.7. The van der Waals surface area contributed by atoms with E-state index in [9.17, 15) is 28.8 Å². The minimum absolute atomic E-state index is 0.0126. The third kappa shape index (κ3) is 12.9. The van der Waals surface area contributed by atoms with E-state index in [0.29, 0.717) is 18.9 Å². The first kappa shape index (κ1) is 25.7. The Morgan fingerprint density at radius 2 is 1.54 bits per heavy atom. The average Bonchev–Trinajstić information content (AvgIpc) is 2.98. The fourth-order valence-corrected chi connectivity index (χ4v) is 1.37. The zero-order valence-electron chi connectivity index (χ0n) is 15.0. The first-order valence-corrected chi connectivity index (χ1v) is 7.48. The quantitative estimate of drug-likeness (QED) is 0.216. The van der Waals surface area contributed by atoms with Gasteiger partial charge in [-0.05, 0) is 0 Å². The number of ether oxygens (including phenoxy) is 1. The molecule has 26 heavy (non-hydrogen) atoms. The number of hydrogen-bond donors (Lipinski definition) is 0. The van der Waals surface area contributed by atoms with Crippen LogP contribution in [0.2, 0.25) is 0 Å². The van der Waals surface area contributed by atoms with Crippen molar-refractivity contribution in [2.75, 3.05) is 34.5 Å². The Labute approximate surface area is 151 Å². The van der Waals surface area contributed by atoms with E-state index in [1.807, 2.05) is 0 Å². The van der Waals surface area contributed by atoms with Crippen LogP contribution in [0, 0.1) is 0 Å². The third-order valence-corrected chi connectivity index (χ3v) is 2.66. The van der Waals surface area contributed by atoms with Crippen LogP contribution in [0.5, 0.6) is 0 Å². The molecule has 1 saturated heterocycles. The SMILES string of the molecule is CON(C)C(=O)CCC=O.CON1C(=O)CCC1=O.O=CCOCC=O. The Bertz CT molecular complexity index is 444. The summed E-state index contributed by atoms with van der Waals surface area (Å²) < 4.78 is 4.40. The molecular formula is C15H24N2O9. The second kappa shape index (κ2) is 17.3. The van der Waals surface area contributed by atoms with Gasteiger partial charge in [-0.25, -0.2) is 5.06 Å². The highest BCUT2D eigenvalue weighted by Gasteiger charge is 2.28. The second-order valence-electron chi connectivity index (χ2n) is 4.41. The maximum Gasteiger partial charge on any atom is 0.253 e. The number of hydrogen-bond acceptors (Lipinski definition) is 9. The minimum Gasteiger partial charge on any atom is -0.367 e. The molecule has 0 aromatic heterocycles. The van der Waals surface area contributed by atoms with E-state index >= 15 is 0 Å². The highest BCUT2D eigenvalue weighted by Crippen LogP contribution is 2.10. The minimum atomic E-state index is -0.248. The Morgan fingerprint density at radius 3 is 1.85 bits per heavy atom. The highest BCUT2D eigenvalue weighted by molar-refractivity contribution is 6.00. The van der Waals surface area contributed by atoms with Gasteiger partial charge in [0.2, 0.25) is 5.91 Å². The van der Waals surface area contributed by atoms with Gasteiger partial charge in [-0.1, -0.05) is 0 Å². The molecule has 1 heterocycles. The highest BCUT2D eigenvalue weighted by atomic mass is 16.7. The first-order valence-electron chi connectivity index (χ1n) is 7.48. The number of imide groups is 1. The molecule has 11 heteroatoms. The zero-order valence-corrected chi connectivity index (χ0v) is 15.0. The molecule has 0 saturated carbocycles. The van der Waals surface area contributed by atoms with Crippen molar-refractivity contribution in [3.8, 4) is 0 Å². The van der Waals surface area contributed by atoms with Gasteiger partial charge in [0.25, 0.3) is 11.8 Å². The van der Waals surface area contributed by atoms with Crippen LogP contribution in [0.4, 0.5) is 0 Å². The number of nitrogens with zero attached hydrogens (tertiary/aromatic N) is 2. The van der Waals surface area contributed by atoms with Crippen molar-refractivity contribution in [1.29, 1.82) is 0 Å². The van der Waals surface area contributed by atoms with Gasteiger partial charge in [0.1, 0.15) is 32.1 Å². The molecule has 0 radical (unpaired) electrons. The monoisotopic (exact) mass is 376 g/mol. The predicted octanol–water partition coefficient (Wildman–Crippen LogP) is -0.917. The van der Waals surface area contributed by atoms with E-state index < -0.39 is 0 Å². The van der Waals surface area contributed by atoms with E-state index in [1.54, 1.807) is 0 Å². The summed E-state index contributed by atoms with van der Waals surface area (Å²) in [6, 6.07) is 0. The second-order valence-corrected chi connectivity index (χ2v) is 4.41. The fraction of sp³-hybridized carbons (Fsp3) is 0.600. The largest absolute Gasteiger partial charge is 0.367 e. The molecule has 0 aromatic rings. The summed E-state index contributed by atoms with van der Waals surface area (Å²) in [6.07, 6.45) is 2.95. The summed E-state index contributed by atoms with van der Waals surface area (Å²) >= 11 is 0. The molecule has 148 valence electrons. The maximum absolute atomic E-state index is 10.8. The van der Waals surface area contributed by atoms with Crippen LogP contribution in [-0.2, 0) is 43.2 Å². The lowest BCUT2D eigenvalue weighted by atomic mass is 10.3. The van der Waals surface area contributed by atoms with E-state index in [2.05, 4.69) is 14.4 Å². The lowest BCUT2D eigenvalue weighted by Crippen LogP contribution is -2.27. The Morgan fingerprint density at radius 1 is 1.04 bits per heavy atom. The van der Waals surface area contributed by atoms with Gasteiger partial charge in [0.05, 0.1) is 14.2 Å². The van der Waals surface area contributed by atoms with Crippen molar-refractivity contribution in [2.45, 2.75) is 25.7 Å². The molecule has 1 aliphatic rings. The predicted molar refractivity (Wildman–Crippen MR) is 86.1 cm³/mol. The normalized spacial score (nSPS) is 12.3. The molecule has 11 nitrogen and oxygen atoms in total. The van der Waals surface area contributed by atoms with Gasteiger partial charge >= 0.3 is 0 Å². The smallest absolute Gasteiger partial charge is 0.253 e. The van der Waals surface area contributed by atoms with Crippen molar-refractivity contribution in [1.82, 2.24) is 10.1 Å². The molecule has 0 aromatic carbocycles. The number of rotatable bonds is 9. The Hall–Kier alpha value is -2.50. The maximum atomic E-state index is 10.8. The standard InChI is InChI=1S/C6H11NO3.C5H7NO3.C4H6O3/c1-7(10-2)6(9)4-3-5-8;1-9-6-4(7)2-3-5(6)8;5-1-3-7-4-2-6/h5H,3-4H2,1-2H3;2-3H2,1H3;1-2H,3-4H2. The summed E-state index contributed by atoms with van der Waals surface area (Å²) in [7, 11) is 4.22. The number of hydroxylamine groups is 4. The molecule has 0 N–H and O–H groups in total. The van der Waals surface area contributed by atoms with Crippen molar-refractivity contribution < 1.29 is 43.2 Å². The van der Waals surface area contributed by atoms with E-state index in [0.717, 1.165) is 10.1 Å². The number of aldehydes is 3. The van der Waals surface area contributed by atoms with Crippen LogP contribution in [0.15, 0.2) is 0 Å². The van der Waals surface area contributed by atoms with Gasteiger partial charge in [-0.2, -0.15) is 5.06 Å². The Kier molecular flexibility index (Phi) is 17.2. The molecule has 0 bridgehead atoms. The summed E-state index contributed by atoms with van der Waals surface area (Å²) in [5.41, 5.74) is 0. The fourth-order valence-electron chi connectivity index (χ4n) is 1.37. The summed E-state index contributed by atoms with van der Waals surface area (Å²) in [5.74, 6) is -0.681. The first-order chi connectivity index (χ1) is 12.4. The van der Waals surface area contributed by atoms with Crippen LogP contribution in [0.3, 0.4) is 0 Å². The van der Waals surface area contributed by atoms with Crippen LogP contribution < -0.4 is 0 Å². The van der Waals surface area contributed by atoms with Gasteiger partial charge in [-0.15, -0.1) is 0 Å². The third-order valence-electron chi connectivity index (χ3n) is 2.66. The van der Waals surface area contributed by atoms with Gasteiger partial charge in [0, 0.05) is 32.7 Å². The van der Waals surface area contributed by atoms with Crippen molar-refractivity contribution >= 4 is 36.6 Å². The molecule has 1 aliphatic heterocycles. The van der Waals surface area contributed by atoms with Gasteiger partial charge < -0.3 is 19.1 Å². The summed E-state index contributed by atoms with van der Waals surface area (Å²) in [5, 5.41) is 1.89. The molecule has 1 fully saturated rings. The van der Waals surface area contributed by atoms with E-state index in [-0.39, 0.29) is 56.6 Å². The van der Waals surface area contributed by atoms with Crippen molar-refractivity contribution in [3.63, 3.8) is 0 Å². The topological polar surface area (TPSA) is 137 Å². The van der Waals surface area contributed by atoms with Crippen LogP contribution in [0.25, 0.3) is 0 Å². The van der Waals surface area contributed by atoms with Crippen molar-refractivity contribution in [3.05, 3.63) is 0 Å². The molecule has 0 spiro atoms. The van der Waals surface area contributed by atoms with E-state index in [1.165, 1.54) is 21.3 Å². The van der Waals surface area contributed by atoms with Crippen LogP contribution in [0.1, 0.15) is 25.7 Å². The number of amides is 3. The van der Waals surface area contributed by atoms with Crippen LogP contribution >= 0.6 is 0 Å². The van der Waals surface area contributed by atoms with Gasteiger partial charge in [-0.3, -0.25) is 24.1 Å². The average molecular weight is 376 g/mol. The van der Waals surface area contributed by atoms with Crippen molar-refractivity contribution in [2.24, 2.45) is 0 Å². The number of carbonyl (C=O) groups excluding carboxylic acids is 6. The lowest BCUT2D eigenvalue weighted by Gasteiger charge is -2.11. The molecule has 1 rings (SSSR count). The zero-order chi connectivity index (χ0) is 20.4. The molecule has 3 amide bonds.